The van der Waals surface area contributed by atoms with Gasteiger partial charge in [0.2, 0.25) is 0 Å². The second kappa shape index (κ2) is 3.93. The van der Waals surface area contributed by atoms with Gasteiger partial charge in [0.25, 0.3) is 0 Å². The highest BCUT2D eigenvalue weighted by Crippen LogP contribution is 2.29. The van der Waals surface area contributed by atoms with Crippen LogP contribution in [-0.2, 0) is 0 Å². The van der Waals surface area contributed by atoms with Crippen LogP contribution in [0.4, 0.5) is 0 Å². The Labute approximate surface area is 89.0 Å². The molecule has 1 aromatic rings. The molecule has 3 heteroatoms. The van der Waals surface area contributed by atoms with Crippen LogP contribution in [0.2, 0.25) is 0 Å². The van der Waals surface area contributed by atoms with Crippen molar-refractivity contribution in [1.82, 2.24) is 0 Å². The molecule has 0 radical (unpaired) electrons. The van der Waals surface area contributed by atoms with E-state index in [1.165, 1.54) is 0 Å². The zero-order valence-corrected chi connectivity index (χ0v) is 8.95. The quantitative estimate of drug-likeness (QED) is 0.707. The second-order valence-corrected chi connectivity index (χ2v) is 3.76. The minimum absolute atomic E-state index is 0.0263. The van der Waals surface area contributed by atoms with Crippen LogP contribution in [0.1, 0.15) is 23.7 Å². The number of ether oxygens (including phenoxy) is 2. The van der Waals surface area contributed by atoms with Gasteiger partial charge < -0.3 is 9.47 Å². The maximum atomic E-state index is 12.0. The van der Waals surface area contributed by atoms with Crippen LogP contribution in [-0.4, -0.2) is 19.5 Å². The summed E-state index contributed by atoms with van der Waals surface area (Å²) in [5.74, 6) is 1.53. The summed E-state index contributed by atoms with van der Waals surface area (Å²) in [5.41, 5.74) is 0.638. The summed E-state index contributed by atoms with van der Waals surface area (Å²) in [5, 5.41) is 0. The molecular formula is C12H14O3. The summed E-state index contributed by atoms with van der Waals surface area (Å²) in [7, 11) is 1.59. The van der Waals surface area contributed by atoms with Gasteiger partial charge in [-0.2, -0.15) is 0 Å². The Kier molecular flexibility index (Phi) is 2.62. The molecule has 0 saturated carbocycles. The van der Waals surface area contributed by atoms with Crippen molar-refractivity contribution in [3.05, 3.63) is 23.8 Å². The third kappa shape index (κ3) is 1.82. The summed E-state index contributed by atoms with van der Waals surface area (Å²) >= 11 is 0. The van der Waals surface area contributed by atoms with E-state index in [2.05, 4.69) is 0 Å². The topological polar surface area (TPSA) is 35.5 Å². The maximum absolute atomic E-state index is 12.0. The van der Waals surface area contributed by atoms with Gasteiger partial charge in [0.05, 0.1) is 19.3 Å². The molecule has 1 heterocycles. The van der Waals surface area contributed by atoms with Gasteiger partial charge in [-0.05, 0) is 24.6 Å². The van der Waals surface area contributed by atoms with Crippen LogP contribution in [0.15, 0.2) is 18.2 Å². The first-order valence-corrected chi connectivity index (χ1v) is 5.07. The lowest BCUT2D eigenvalue weighted by molar-refractivity contribution is 0.0926. The SMILES string of the molecule is COc1ccc2c(c1)C(=O)C(C)CCO2. The van der Waals surface area contributed by atoms with E-state index in [1.807, 2.05) is 13.0 Å². The van der Waals surface area contributed by atoms with E-state index < -0.39 is 0 Å². The van der Waals surface area contributed by atoms with E-state index in [1.54, 1.807) is 19.2 Å². The lowest BCUT2D eigenvalue weighted by Gasteiger charge is -2.08. The lowest BCUT2D eigenvalue weighted by atomic mass is 9.97. The molecular weight excluding hydrogens is 192 g/mol. The van der Waals surface area contributed by atoms with Gasteiger partial charge >= 0.3 is 0 Å². The predicted octanol–water partition coefficient (Wildman–Crippen LogP) is 2.30. The number of ketones is 1. The molecule has 0 N–H and O–H groups in total. The third-order valence-electron chi connectivity index (χ3n) is 2.71. The fraction of sp³-hybridized carbons (Fsp3) is 0.417. The van der Waals surface area contributed by atoms with E-state index in [4.69, 9.17) is 9.47 Å². The molecule has 15 heavy (non-hydrogen) atoms. The van der Waals surface area contributed by atoms with E-state index in [0.29, 0.717) is 23.7 Å². The Morgan fingerprint density at radius 1 is 1.47 bits per heavy atom. The van der Waals surface area contributed by atoms with E-state index in [9.17, 15) is 4.79 Å². The predicted molar refractivity (Wildman–Crippen MR) is 56.6 cm³/mol. The molecule has 0 aromatic heterocycles. The van der Waals surface area contributed by atoms with Crippen molar-refractivity contribution < 1.29 is 14.3 Å². The van der Waals surface area contributed by atoms with Gasteiger partial charge in [-0.1, -0.05) is 6.92 Å². The average Bonchev–Trinajstić information content (AvgIpc) is 2.40. The molecule has 1 atom stereocenters. The van der Waals surface area contributed by atoms with Crippen molar-refractivity contribution in [2.45, 2.75) is 13.3 Å². The molecule has 3 nitrogen and oxygen atoms in total. The molecule has 0 aliphatic carbocycles. The Bertz CT molecular complexity index is 384. The van der Waals surface area contributed by atoms with Crippen LogP contribution in [0.25, 0.3) is 0 Å². The van der Waals surface area contributed by atoms with Crippen LogP contribution in [0, 0.1) is 5.92 Å². The molecule has 0 spiro atoms. The summed E-state index contributed by atoms with van der Waals surface area (Å²) in [4.78, 5) is 12.0. The molecule has 0 amide bonds. The van der Waals surface area contributed by atoms with Crippen LogP contribution in [0.5, 0.6) is 11.5 Å². The number of carbonyl (C=O) groups is 1. The van der Waals surface area contributed by atoms with Crippen molar-refractivity contribution in [3.8, 4) is 11.5 Å². The van der Waals surface area contributed by atoms with Crippen molar-refractivity contribution in [1.29, 1.82) is 0 Å². The van der Waals surface area contributed by atoms with Gasteiger partial charge in [-0.3, -0.25) is 4.79 Å². The molecule has 1 aromatic carbocycles. The summed E-state index contributed by atoms with van der Waals surface area (Å²) < 4.78 is 10.6. The fourth-order valence-corrected chi connectivity index (χ4v) is 1.70. The van der Waals surface area contributed by atoms with E-state index in [-0.39, 0.29) is 11.7 Å². The minimum atomic E-state index is 0.0263. The number of benzene rings is 1. The highest BCUT2D eigenvalue weighted by molar-refractivity contribution is 6.00. The third-order valence-corrected chi connectivity index (χ3v) is 2.71. The Hall–Kier alpha value is -1.51. The lowest BCUT2D eigenvalue weighted by Crippen LogP contribution is -2.10. The average molecular weight is 206 g/mol. The molecule has 0 fully saturated rings. The van der Waals surface area contributed by atoms with Crippen molar-refractivity contribution in [3.63, 3.8) is 0 Å². The first-order chi connectivity index (χ1) is 7.22. The highest BCUT2D eigenvalue weighted by Gasteiger charge is 2.23. The number of hydrogen-bond acceptors (Lipinski definition) is 3. The molecule has 0 bridgehead atoms. The standard InChI is InChI=1S/C12H14O3/c1-8-5-6-15-11-4-3-9(14-2)7-10(11)12(8)13/h3-4,7-8H,5-6H2,1-2H3. The number of Topliss-reactive ketones (excluding diaryl/α,β-unsaturated/α-hetero) is 1. The van der Waals surface area contributed by atoms with Crippen LogP contribution in [0.3, 0.4) is 0 Å². The Morgan fingerprint density at radius 2 is 2.27 bits per heavy atom. The fourth-order valence-electron chi connectivity index (χ4n) is 1.70. The molecule has 80 valence electrons. The van der Waals surface area contributed by atoms with Gasteiger partial charge in [-0.25, -0.2) is 0 Å². The summed E-state index contributed by atoms with van der Waals surface area (Å²) in [6.45, 7) is 2.53. The molecule has 1 unspecified atom stereocenters. The zero-order valence-electron chi connectivity index (χ0n) is 8.95. The number of hydrogen-bond donors (Lipinski definition) is 0. The molecule has 2 rings (SSSR count). The Balaban J connectivity index is 2.46. The van der Waals surface area contributed by atoms with Crippen LogP contribution < -0.4 is 9.47 Å². The smallest absolute Gasteiger partial charge is 0.169 e. The number of methoxy groups -OCH3 is 1. The molecule has 0 saturated heterocycles. The summed E-state index contributed by atoms with van der Waals surface area (Å²) in [6, 6.07) is 5.35. The zero-order chi connectivity index (χ0) is 10.8. The van der Waals surface area contributed by atoms with E-state index in [0.717, 1.165) is 6.42 Å². The highest BCUT2D eigenvalue weighted by atomic mass is 16.5. The monoisotopic (exact) mass is 206 g/mol. The van der Waals surface area contributed by atoms with E-state index >= 15 is 0 Å². The first kappa shape index (κ1) is 10.0. The molecule has 1 aliphatic rings. The van der Waals surface area contributed by atoms with Gasteiger partial charge in [0.1, 0.15) is 11.5 Å². The normalized spacial score (nSPS) is 20.1. The minimum Gasteiger partial charge on any atom is -0.497 e. The Morgan fingerprint density at radius 3 is 3.00 bits per heavy atom. The number of fused-ring (bicyclic) bond motifs is 1. The van der Waals surface area contributed by atoms with Gasteiger partial charge in [0.15, 0.2) is 5.78 Å². The number of carbonyl (C=O) groups excluding carboxylic acids is 1. The summed E-state index contributed by atoms with van der Waals surface area (Å²) in [6.07, 6.45) is 0.774. The van der Waals surface area contributed by atoms with Gasteiger partial charge in [-0.15, -0.1) is 0 Å². The maximum Gasteiger partial charge on any atom is 0.169 e. The molecule has 1 aliphatic heterocycles. The van der Waals surface area contributed by atoms with Crippen molar-refractivity contribution in [2.24, 2.45) is 5.92 Å². The number of rotatable bonds is 1. The van der Waals surface area contributed by atoms with Crippen molar-refractivity contribution in [2.75, 3.05) is 13.7 Å². The van der Waals surface area contributed by atoms with Gasteiger partial charge in [0, 0.05) is 5.92 Å². The van der Waals surface area contributed by atoms with Crippen LogP contribution >= 0.6 is 0 Å². The second-order valence-electron chi connectivity index (χ2n) is 3.76. The largest absolute Gasteiger partial charge is 0.497 e. The van der Waals surface area contributed by atoms with Crippen molar-refractivity contribution >= 4 is 5.78 Å². The first-order valence-electron chi connectivity index (χ1n) is 5.07.